The fourth-order valence-electron chi connectivity index (χ4n) is 2.53. The minimum absolute atomic E-state index is 0.00172. The van der Waals surface area contributed by atoms with Crippen LogP contribution in [0.2, 0.25) is 0 Å². The molecule has 1 fully saturated rings. The van der Waals surface area contributed by atoms with E-state index >= 15 is 0 Å². The van der Waals surface area contributed by atoms with Gasteiger partial charge in [0, 0.05) is 24.7 Å². The van der Waals surface area contributed by atoms with Crippen molar-refractivity contribution in [1.82, 2.24) is 9.62 Å². The fourth-order valence-corrected chi connectivity index (χ4v) is 4.03. The zero-order chi connectivity index (χ0) is 17.7. The number of carbonyl (C=O) groups excluding carboxylic acids is 1. The van der Waals surface area contributed by atoms with E-state index in [1.807, 2.05) is 13.8 Å². The molecule has 2 rings (SSSR count). The van der Waals surface area contributed by atoms with E-state index in [0.717, 1.165) is 25.0 Å². The van der Waals surface area contributed by atoms with E-state index in [0.29, 0.717) is 0 Å². The van der Waals surface area contributed by atoms with Gasteiger partial charge in [-0.2, -0.15) is 4.31 Å². The van der Waals surface area contributed by atoms with E-state index in [1.54, 1.807) is 0 Å². The van der Waals surface area contributed by atoms with Gasteiger partial charge >= 0.3 is 0 Å². The lowest BCUT2D eigenvalue weighted by Gasteiger charge is -2.26. The second-order valence-corrected chi connectivity index (χ2v) is 7.55. The number of hydrogen-bond acceptors (Lipinski definition) is 4. The van der Waals surface area contributed by atoms with Crippen LogP contribution >= 0.6 is 0 Å². The molecule has 0 radical (unpaired) electrons. The Balaban J connectivity index is 2.29. The van der Waals surface area contributed by atoms with E-state index in [-0.39, 0.29) is 37.9 Å². The number of amides is 1. The van der Waals surface area contributed by atoms with Gasteiger partial charge in [-0.25, -0.2) is 12.8 Å². The predicted molar refractivity (Wildman–Crippen MR) is 87.8 cm³/mol. The summed E-state index contributed by atoms with van der Waals surface area (Å²) in [5.74, 6) is -1.26. The molecule has 0 bridgehead atoms. The minimum atomic E-state index is -3.99. The molecular weight excluding hydrogens is 335 g/mol. The van der Waals surface area contributed by atoms with Crippen LogP contribution in [-0.2, 0) is 14.8 Å². The summed E-state index contributed by atoms with van der Waals surface area (Å²) in [4.78, 5) is 11.8. The van der Waals surface area contributed by atoms with Gasteiger partial charge in [-0.3, -0.25) is 4.79 Å². The molecule has 1 heterocycles. The highest BCUT2D eigenvalue weighted by atomic mass is 32.2. The van der Waals surface area contributed by atoms with Crippen molar-refractivity contribution < 1.29 is 22.3 Å². The third kappa shape index (κ3) is 4.12. The molecule has 1 aliphatic heterocycles. The Kier molecular flexibility index (Phi) is 6.31. The lowest BCUT2D eigenvalue weighted by Crippen LogP contribution is -2.41. The number of morpholine rings is 1. The number of sulfonamides is 1. The third-order valence-electron chi connectivity index (χ3n) is 4.10. The highest BCUT2D eigenvalue weighted by Crippen LogP contribution is 2.22. The number of nitrogens with zero attached hydrogens (tertiary/aromatic N) is 1. The average molecular weight is 358 g/mol. The van der Waals surface area contributed by atoms with Gasteiger partial charge in [-0.1, -0.05) is 13.8 Å². The Morgan fingerprint density at radius 1 is 1.29 bits per heavy atom. The summed E-state index contributed by atoms with van der Waals surface area (Å²) in [6.45, 7) is 4.80. The van der Waals surface area contributed by atoms with Crippen molar-refractivity contribution in [3.63, 3.8) is 0 Å². The first-order valence-corrected chi connectivity index (χ1v) is 9.52. The maximum atomic E-state index is 14.1. The Morgan fingerprint density at radius 3 is 2.50 bits per heavy atom. The molecule has 0 aliphatic carbocycles. The van der Waals surface area contributed by atoms with Crippen LogP contribution in [0.4, 0.5) is 4.39 Å². The number of rotatable bonds is 6. The molecule has 1 aliphatic rings. The molecule has 0 unspecified atom stereocenters. The van der Waals surface area contributed by atoms with Gasteiger partial charge in [-0.15, -0.1) is 0 Å². The number of carbonyl (C=O) groups is 1. The molecule has 134 valence electrons. The fraction of sp³-hybridized carbons (Fsp3) is 0.562. The summed E-state index contributed by atoms with van der Waals surface area (Å²) < 4.78 is 45.6. The Morgan fingerprint density at radius 2 is 1.92 bits per heavy atom. The standard InChI is InChI=1S/C16H23FN2O4S/c1-3-13(4-2)18-16(20)12-5-6-14(17)15(11-12)24(21,22)19-7-9-23-10-8-19/h5-6,11,13H,3-4,7-10H2,1-2H3,(H,18,20). The molecule has 6 nitrogen and oxygen atoms in total. The molecule has 0 atom stereocenters. The zero-order valence-electron chi connectivity index (χ0n) is 13.9. The number of nitrogens with one attached hydrogen (secondary N) is 1. The summed E-state index contributed by atoms with van der Waals surface area (Å²) in [5, 5.41) is 2.82. The van der Waals surface area contributed by atoms with Crippen LogP contribution in [0, 0.1) is 5.82 Å². The summed E-state index contributed by atoms with van der Waals surface area (Å²) in [6.07, 6.45) is 1.53. The summed E-state index contributed by atoms with van der Waals surface area (Å²) in [6, 6.07) is 3.43. The normalized spacial score (nSPS) is 16.3. The van der Waals surface area contributed by atoms with Crippen molar-refractivity contribution in [3.8, 4) is 0 Å². The van der Waals surface area contributed by atoms with Gasteiger partial charge in [0.05, 0.1) is 13.2 Å². The number of benzene rings is 1. The predicted octanol–water partition coefficient (Wildman–Crippen LogP) is 1.76. The topological polar surface area (TPSA) is 75.7 Å². The quantitative estimate of drug-likeness (QED) is 0.841. The lowest BCUT2D eigenvalue weighted by molar-refractivity contribution is 0.0729. The second-order valence-electron chi connectivity index (χ2n) is 5.65. The van der Waals surface area contributed by atoms with Crippen LogP contribution in [0.3, 0.4) is 0 Å². The average Bonchev–Trinajstić information content (AvgIpc) is 2.60. The Hall–Kier alpha value is -1.51. The third-order valence-corrected chi connectivity index (χ3v) is 6.02. The summed E-state index contributed by atoms with van der Waals surface area (Å²) >= 11 is 0. The summed E-state index contributed by atoms with van der Waals surface area (Å²) in [7, 11) is -3.99. The van der Waals surface area contributed by atoms with Gasteiger partial charge < -0.3 is 10.1 Å². The molecule has 24 heavy (non-hydrogen) atoms. The van der Waals surface area contributed by atoms with Crippen LogP contribution in [0.5, 0.6) is 0 Å². The highest BCUT2D eigenvalue weighted by Gasteiger charge is 2.29. The first kappa shape index (κ1) is 18.8. The smallest absolute Gasteiger partial charge is 0.251 e. The summed E-state index contributed by atoms with van der Waals surface area (Å²) in [5.41, 5.74) is 0.134. The largest absolute Gasteiger partial charge is 0.379 e. The molecule has 1 aromatic rings. The van der Waals surface area contributed by atoms with Crippen LogP contribution in [-0.4, -0.2) is 51.0 Å². The number of hydrogen-bond donors (Lipinski definition) is 1. The van der Waals surface area contributed by atoms with Crippen molar-refractivity contribution in [2.75, 3.05) is 26.3 Å². The van der Waals surface area contributed by atoms with Crippen molar-refractivity contribution >= 4 is 15.9 Å². The first-order chi connectivity index (χ1) is 11.4. The highest BCUT2D eigenvalue weighted by molar-refractivity contribution is 7.89. The Labute approximate surface area is 142 Å². The van der Waals surface area contributed by atoms with Gasteiger partial charge in [-0.05, 0) is 31.0 Å². The first-order valence-electron chi connectivity index (χ1n) is 8.08. The maximum Gasteiger partial charge on any atom is 0.251 e. The zero-order valence-corrected chi connectivity index (χ0v) is 14.7. The molecule has 8 heteroatoms. The molecule has 0 spiro atoms. The van der Waals surface area contributed by atoms with Crippen LogP contribution < -0.4 is 5.32 Å². The van der Waals surface area contributed by atoms with E-state index in [9.17, 15) is 17.6 Å². The molecule has 1 saturated heterocycles. The minimum Gasteiger partial charge on any atom is -0.379 e. The van der Waals surface area contributed by atoms with Gasteiger partial charge in [0.25, 0.3) is 5.91 Å². The van der Waals surface area contributed by atoms with E-state index in [4.69, 9.17) is 4.74 Å². The SMILES string of the molecule is CCC(CC)NC(=O)c1ccc(F)c(S(=O)(=O)N2CCOCC2)c1. The van der Waals surface area contributed by atoms with Crippen LogP contribution in [0.25, 0.3) is 0 Å². The second kappa shape index (κ2) is 8.04. The Bertz CT molecular complexity index is 683. The van der Waals surface area contributed by atoms with Crippen LogP contribution in [0.1, 0.15) is 37.0 Å². The lowest BCUT2D eigenvalue weighted by atomic mass is 10.1. The molecule has 1 N–H and O–H groups in total. The van der Waals surface area contributed by atoms with Crippen molar-refractivity contribution in [2.24, 2.45) is 0 Å². The van der Waals surface area contributed by atoms with Crippen molar-refractivity contribution in [3.05, 3.63) is 29.6 Å². The van der Waals surface area contributed by atoms with Crippen molar-refractivity contribution in [1.29, 1.82) is 0 Å². The van der Waals surface area contributed by atoms with E-state index in [1.165, 1.54) is 10.4 Å². The van der Waals surface area contributed by atoms with Gasteiger partial charge in [0.15, 0.2) is 0 Å². The van der Waals surface area contributed by atoms with E-state index in [2.05, 4.69) is 5.32 Å². The molecule has 1 amide bonds. The van der Waals surface area contributed by atoms with Gasteiger partial charge in [0.2, 0.25) is 10.0 Å². The van der Waals surface area contributed by atoms with Crippen LogP contribution in [0.15, 0.2) is 23.1 Å². The molecule has 0 saturated carbocycles. The number of halogens is 1. The van der Waals surface area contributed by atoms with E-state index < -0.39 is 26.6 Å². The maximum absolute atomic E-state index is 14.1. The monoisotopic (exact) mass is 358 g/mol. The number of ether oxygens (including phenoxy) is 1. The van der Waals surface area contributed by atoms with Gasteiger partial charge in [0.1, 0.15) is 10.7 Å². The molecule has 0 aromatic heterocycles. The van der Waals surface area contributed by atoms with Crippen molar-refractivity contribution in [2.45, 2.75) is 37.6 Å². The molecule has 1 aromatic carbocycles. The molecular formula is C16H23FN2O4S.